The van der Waals surface area contributed by atoms with Crippen LogP contribution in [0.5, 0.6) is 0 Å². The minimum Gasteiger partial charge on any atom is -0.444 e. The third-order valence-corrected chi connectivity index (χ3v) is 4.37. The standard InChI is InChI=1S/C22H25N5O4/c1-22(2,3)31-21(28)23-18(13-16-7-5-4-6-8-16)14-26-15-20(24-25-26)17-9-11-19(12-10-17)27(29)30/h4-12,15,18H,13-14H2,1-3H3,(H,23,28)/t18-/m1/s1. The van der Waals surface area contributed by atoms with E-state index in [2.05, 4.69) is 15.6 Å². The van der Waals surface area contributed by atoms with Crippen molar-refractivity contribution in [2.24, 2.45) is 0 Å². The number of carbonyl (C=O) groups is 1. The molecule has 0 aliphatic rings. The molecule has 1 N–H and O–H groups in total. The maximum Gasteiger partial charge on any atom is 0.407 e. The third-order valence-electron chi connectivity index (χ3n) is 4.37. The monoisotopic (exact) mass is 423 g/mol. The fraction of sp³-hybridized carbons (Fsp3) is 0.318. The number of nitrogens with zero attached hydrogens (tertiary/aromatic N) is 4. The molecular weight excluding hydrogens is 398 g/mol. The summed E-state index contributed by atoms with van der Waals surface area (Å²) in [6.45, 7) is 5.82. The zero-order valence-electron chi connectivity index (χ0n) is 17.7. The molecule has 1 heterocycles. The number of benzene rings is 2. The van der Waals surface area contributed by atoms with Gasteiger partial charge in [0.05, 0.1) is 23.7 Å². The SMILES string of the molecule is CC(C)(C)OC(=O)N[C@H](Cc1ccccc1)Cn1cc(-c2ccc([N+](=O)[O-])cc2)nn1. The first-order valence-electron chi connectivity index (χ1n) is 9.88. The number of hydrogen-bond acceptors (Lipinski definition) is 6. The molecule has 1 amide bonds. The van der Waals surface area contributed by atoms with Gasteiger partial charge in [-0.1, -0.05) is 35.5 Å². The lowest BCUT2D eigenvalue weighted by Gasteiger charge is -2.23. The Labute approximate surface area is 180 Å². The maximum atomic E-state index is 12.3. The van der Waals surface area contributed by atoms with Crippen molar-refractivity contribution in [3.63, 3.8) is 0 Å². The van der Waals surface area contributed by atoms with Gasteiger partial charge in [-0.2, -0.15) is 0 Å². The van der Waals surface area contributed by atoms with Crippen LogP contribution in [0.15, 0.2) is 60.8 Å². The molecule has 0 unspecified atom stereocenters. The molecule has 2 aromatic carbocycles. The summed E-state index contributed by atoms with van der Waals surface area (Å²) in [5.74, 6) is 0. The second kappa shape index (κ2) is 9.38. The van der Waals surface area contributed by atoms with Crippen molar-refractivity contribution in [1.29, 1.82) is 0 Å². The Kier molecular flexibility index (Phi) is 6.64. The van der Waals surface area contributed by atoms with Crippen molar-refractivity contribution in [3.8, 4) is 11.3 Å². The third kappa shape index (κ3) is 6.63. The Balaban J connectivity index is 1.74. The number of aromatic nitrogens is 3. The fourth-order valence-corrected chi connectivity index (χ4v) is 3.03. The highest BCUT2D eigenvalue weighted by Gasteiger charge is 2.21. The minimum atomic E-state index is -0.599. The Hall–Kier alpha value is -3.75. The molecule has 0 saturated carbocycles. The predicted molar refractivity (Wildman–Crippen MR) is 115 cm³/mol. The van der Waals surface area contributed by atoms with Gasteiger partial charge in [-0.15, -0.1) is 5.10 Å². The first-order valence-corrected chi connectivity index (χ1v) is 9.88. The fourth-order valence-electron chi connectivity index (χ4n) is 3.03. The van der Waals surface area contributed by atoms with E-state index in [4.69, 9.17) is 4.74 Å². The lowest BCUT2D eigenvalue weighted by atomic mass is 10.1. The number of nitro groups is 1. The molecule has 9 heteroatoms. The summed E-state index contributed by atoms with van der Waals surface area (Å²) in [6, 6.07) is 15.7. The molecule has 9 nitrogen and oxygen atoms in total. The van der Waals surface area contributed by atoms with Crippen LogP contribution in [0.2, 0.25) is 0 Å². The van der Waals surface area contributed by atoms with Crippen molar-refractivity contribution in [1.82, 2.24) is 20.3 Å². The van der Waals surface area contributed by atoms with Crippen LogP contribution in [0.1, 0.15) is 26.3 Å². The predicted octanol–water partition coefficient (Wildman–Crippen LogP) is 3.99. The van der Waals surface area contributed by atoms with E-state index in [-0.39, 0.29) is 11.7 Å². The number of amides is 1. The Morgan fingerprint density at radius 2 is 1.84 bits per heavy atom. The van der Waals surface area contributed by atoms with Gasteiger partial charge in [0.2, 0.25) is 0 Å². The van der Waals surface area contributed by atoms with Gasteiger partial charge in [0.25, 0.3) is 5.69 Å². The number of non-ortho nitro benzene ring substituents is 1. The van der Waals surface area contributed by atoms with Crippen molar-refractivity contribution < 1.29 is 14.5 Å². The summed E-state index contributed by atoms with van der Waals surface area (Å²) in [7, 11) is 0. The van der Waals surface area contributed by atoms with Crippen LogP contribution in [0.25, 0.3) is 11.3 Å². The molecule has 0 spiro atoms. The number of carbonyl (C=O) groups excluding carboxylic acids is 1. The molecule has 0 fully saturated rings. The molecule has 0 bridgehead atoms. The molecular formula is C22H25N5O4. The Bertz CT molecular complexity index is 1030. The normalized spacial score (nSPS) is 12.2. The quantitative estimate of drug-likeness (QED) is 0.454. The van der Waals surface area contributed by atoms with Gasteiger partial charge in [0.1, 0.15) is 11.3 Å². The summed E-state index contributed by atoms with van der Waals surface area (Å²) < 4.78 is 7.04. The first-order chi connectivity index (χ1) is 14.7. The number of alkyl carbamates (subject to hydrolysis) is 1. The smallest absolute Gasteiger partial charge is 0.407 e. The number of ether oxygens (including phenoxy) is 1. The Morgan fingerprint density at radius 1 is 1.16 bits per heavy atom. The van der Waals surface area contributed by atoms with E-state index in [0.29, 0.717) is 18.7 Å². The molecule has 0 aliphatic heterocycles. The summed E-state index contributed by atoms with van der Waals surface area (Å²) in [6.07, 6.45) is 1.84. The van der Waals surface area contributed by atoms with E-state index < -0.39 is 16.6 Å². The largest absolute Gasteiger partial charge is 0.444 e. The topological polar surface area (TPSA) is 112 Å². The lowest BCUT2D eigenvalue weighted by Crippen LogP contribution is -2.42. The highest BCUT2D eigenvalue weighted by Crippen LogP contribution is 2.20. The molecule has 162 valence electrons. The van der Waals surface area contributed by atoms with Crippen molar-refractivity contribution >= 4 is 11.8 Å². The van der Waals surface area contributed by atoms with E-state index in [0.717, 1.165) is 11.1 Å². The van der Waals surface area contributed by atoms with Crippen molar-refractivity contribution in [2.45, 2.75) is 45.4 Å². The number of nitrogens with one attached hydrogen (secondary N) is 1. The zero-order chi connectivity index (χ0) is 22.4. The average Bonchev–Trinajstić information content (AvgIpc) is 3.15. The number of hydrogen-bond donors (Lipinski definition) is 1. The van der Waals surface area contributed by atoms with Gasteiger partial charge in [0, 0.05) is 17.7 Å². The van der Waals surface area contributed by atoms with Crippen LogP contribution in [-0.4, -0.2) is 37.7 Å². The first kappa shape index (κ1) is 21.9. The van der Waals surface area contributed by atoms with Crippen LogP contribution < -0.4 is 5.32 Å². The summed E-state index contributed by atoms with van der Waals surface area (Å²) in [4.78, 5) is 22.7. The molecule has 1 aromatic heterocycles. The van der Waals surface area contributed by atoms with Gasteiger partial charge in [-0.3, -0.25) is 10.1 Å². The van der Waals surface area contributed by atoms with E-state index >= 15 is 0 Å². The lowest BCUT2D eigenvalue weighted by molar-refractivity contribution is -0.384. The van der Waals surface area contributed by atoms with Gasteiger partial charge >= 0.3 is 6.09 Å². The Morgan fingerprint density at radius 3 is 2.45 bits per heavy atom. The van der Waals surface area contributed by atoms with Gasteiger partial charge in [-0.25, -0.2) is 9.48 Å². The van der Waals surface area contributed by atoms with E-state index in [1.165, 1.54) is 12.1 Å². The average molecular weight is 423 g/mol. The molecule has 0 saturated heterocycles. The van der Waals surface area contributed by atoms with Crippen LogP contribution in [-0.2, 0) is 17.7 Å². The second-order valence-electron chi connectivity index (χ2n) is 8.16. The second-order valence-corrected chi connectivity index (χ2v) is 8.16. The van der Waals surface area contributed by atoms with Gasteiger partial charge in [-0.05, 0) is 44.9 Å². The summed E-state index contributed by atoms with van der Waals surface area (Å²) in [5.41, 5.74) is 1.79. The minimum absolute atomic E-state index is 0.0145. The van der Waals surface area contributed by atoms with Gasteiger partial charge in [0.15, 0.2) is 0 Å². The highest BCUT2D eigenvalue weighted by atomic mass is 16.6. The molecule has 1 atom stereocenters. The van der Waals surface area contributed by atoms with E-state index in [9.17, 15) is 14.9 Å². The van der Waals surface area contributed by atoms with Crippen molar-refractivity contribution in [2.75, 3.05) is 0 Å². The van der Waals surface area contributed by atoms with Gasteiger partial charge < -0.3 is 10.1 Å². The number of nitro benzene ring substituents is 1. The van der Waals surface area contributed by atoms with Crippen LogP contribution in [0.3, 0.4) is 0 Å². The van der Waals surface area contributed by atoms with E-state index in [1.807, 2.05) is 51.1 Å². The molecule has 31 heavy (non-hydrogen) atoms. The zero-order valence-corrected chi connectivity index (χ0v) is 17.7. The molecule has 0 aliphatic carbocycles. The summed E-state index contributed by atoms with van der Waals surface area (Å²) >= 11 is 0. The van der Waals surface area contributed by atoms with Crippen molar-refractivity contribution in [3.05, 3.63) is 76.5 Å². The highest BCUT2D eigenvalue weighted by molar-refractivity contribution is 5.68. The molecule has 3 rings (SSSR count). The van der Waals surface area contributed by atoms with Crippen LogP contribution in [0.4, 0.5) is 10.5 Å². The maximum absolute atomic E-state index is 12.3. The molecule has 0 radical (unpaired) electrons. The molecule has 3 aromatic rings. The van der Waals surface area contributed by atoms with Crippen LogP contribution >= 0.6 is 0 Å². The number of rotatable bonds is 7. The summed E-state index contributed by atoms with van der Waals surface area (Å²) in [5, 5.41) is 22.1. The van der Waals surface area contributed by atoms with E-state index in [1.54, 1.807) is 23.0 Å². The van der Waals surface area contributed by atoms with Crippen LogP contribution in [0, 0.1) is 10.1 Å².